The van der Waals surface area contributed by atoms with E-state index in [4.69, 9.17) is 15.2 Å². The van der Waals surface area contributed by atoms with E-state index in [0.29, 0.717) is 54.2 Å². The first-order chi connectivity index (χ1) is 14.8. The lowest BCUT2D eigenvalue weighted by atomic mass is 9.95. The molecule has 0 aliphatic carbocycles. The normalized spacial score (nSPS) is 14.1. The Morgan fingerprint density at radius 3 is 2.35 bits per heavy atom. The van der Waals surface area contributed by atoms with E-state index in [1.807, 2.05) is 6.92 Å². The molecule has 1 saturated heterocycles. The van der Waals surface area contributed by atoms with E-state index in [1.54, 1.807) is 48.4 Å². The van der Waals surface area contributed by atoms with Gasteiger partial charge in [0.05, 0.1) is 19.8 Å². The Labute approximate surface area is 181 Å². The number of nitrogens with one attached hydrogen (secondary N) is 1. The molecule has 8 nitrogen and oxygen atoms in total. The average molecular weight is 425 g/mol. The number of anilines is 1. The van der Waals surface area contributed by atoms with Gasteiger partial charge in [-0.25, -0.2) is 0 Å². The molecule has 3 amide bonds. The van der Waals surface area contributed by atoms with Crippen LogP contribution in [-0.2, 0) is 4.79 Å². The average Bonchev–Trinajstić information content (AvgIpc) is 2.79. The number of hydrogen-bond acceptors (Lipinski definition) is 5. The number of ether oxygens (including phenoxy) is 2. The minimum atomic E-state index is -0.545. The number of carbonyl (C=O) groups is 3. The van der Waals surface area contributed by atoms with Gasteiger partial charge in [-0.2, -0.15) is 0 Å². The molecule has 0 unspecified atom stereocenters. The molecule has 8 heteroatoms. The van der Waals surface area contributed by atoms with Crippen LogP contribution < -0.4 is 20.5 Å². The third-order valence-electron chi connectivity index (χ3n) is 5.57. The van der Waals surface area contributed by atoms with Crippen LogP contribution in [0, 0.1) is 12.8 Å². The molecule has 0 bridgehead atoms. The lowest BCUT2D eigenvalue weighted by Crippen LogP contribution is -2.41. The molecule has 1 aliphatic rings. The van der Waals surface area contributed by atoms with E-state index in [1.165, 1.54) is 7.11 Å². The van der Waals surface area contributed by atoms with Gasteiger partial charge >= 0.3 is 0 Å². The molecule has 3 N–H and O–H groups in total. The van der Waals surface area contributed by atoms with Gasteiger partial charge in [-0.3, -0.25) is 14.4 Å². The molecule has 164 valence electrons. The highest BCUT2D eigenvalue weighted by Gasteiger charge is 2.29. The van der Waals surface area contributed by atoms with E-state index in [2.05, 4.69) is 5.32 Å². The Morgan fingerprint density at radius 2 is 1.74 bits per heavy atom. The van der Waals surface area contributed by atoms with Gasteiger partial charge in [-0.05, 0) is 49.6 Å². The van der Waals surface area contributed by atoms with E-state index < -0.39 is 5.91 Å². The summed E-state index contributed by atoms with van der Waals surface area (Å²) in [5, 5.41) is 2.90. The summed E-state index contributed by atoms with van der Waals surface area (Å²) in [6, 6.07) is 10.1. The number of likely N-dealkylation sites (tertiary alicyclic amines) is 1. The number of benzene rings is 2. The maximum absolute atomic E-state index is 13.0. The standard InChI is InChI=1S/C23H27N3O5/c1-14-4-5-16(21(24)27)12-19(14)25-22(28)15-8-10-26(11-9-15)23(29)18-7-6-17(30-2)13-20(18)31-3/h4-7,12-13,15H,8-11H2,1-3H3,(H2,24,27)(H,25,28). The van der Waals surface area contributed by atoms with Crippen LogP contribution in [0.1, 0.15) is 39.1 Å². The largest absolute Gasteiger partial charge is 0.497 e. The molecular formula is C23H27N3O5. The topological polar surface area (TPSA) is 111 Å². The Morgan fingerprint density at radius 1 is 1.03 bits per heavy atom. The van der Waals surface area contributed by atoms with Crippen LogP contribution in [0.4, 0.5) is 5.69 Å². The van der Waals surface area contributed by atoms with Crippen molar-refractivity contribution < 1.29 is 23.9 Å². The molecule has 1 aliphatic heterocycles. The summed E-state index contributed by atoms with van der Waals surface area (Å²) in [6.45, 7) is 2.78. The van der Waals surface area contributed by atoms with Crippen LogP contribution in [0.25, 0.3) is 0 Å². The fraction of sp³-hybridized carbons (Fsp3) is 0.348. The van der Waals surface area contributed by atoms with Crippen molar-refractivity contribution in [1.29, 1.82) is 0 Å². The second-order valence-electron chi connectivity index (χ2n) is 7.52. The molecule has 2 aromatic carbocycles. The molecule has 1 heterocycles. The Balaban J connectivity index is 1.63. The van der Waals surface area contributed by atoms with Crippen molar-refractivity contribution in [2.45, 2.75) is 19.8 Å². The third kappa shape index (κ3) is 4.96. The smallest absolute Gasteiger partial charge is 0.257 e. The monoisotopic (exact) mass is 425 g/mol. The van der Waals surface area contributed by atoms with Gasteiger partial charge in [-0.1, -0.05) is 6.07 Å². The molecule has 31 heavy (non-hydrogen) atoms. The number of carbonyl (C=O) groups excluding carboxylic acids is 3. The van der Waals surface area contributed by atoms with E-state index in [0.717, 1.165) is 5.56 Å². The van der Waals surface area contributed by atoms with Gasteiger partial charge in [0.1, 0.15) is 11.5 Å². The minimum absolute atomic E-state index is 0.126. The van der Waals surface area contributed by atoms with Gasteiger partial charge in [0.15, 0.2) is 0 Å². The molecule has 2 aromatic rings. The van der Waals surface area contributed by atoms with E-state index in [-0.39, 0.29) is 17.7 Å². The van der Waals surface area contributed by atoms with Crippen LogP contribution in [0.5, 0.6) is 11.5 Å². The zero-order valence-corrected chi connectivity index (χ0v) is 17.9. The van der Waals surface area contributed by atoms with Crippen molar-refractivity contribution in [2.24, 2.45) is 11.7 Å². The zero-order chi connectivity index (χ0) is 22.5. The summed E-state index contributed by atoms with van der Waals surface area (Å²) in [5.41, 5.74) is 7.55. The molecule has 0 atom stereocenters. The quantitative estimate of drug-likeness (QED) is 0.739. The lowest BCUT2D eigenvalue weighted by molar-refractivity contribution is -0.121. The maximum atomic E-state index is 13.0. The Bertz CT molecular complexity index is 997. The van der Waals surface area contributed by atoms with Crippen molar-refractivity contribution in [3.05, 3.63) is 53.1 Å². The minimum Gasteiger partial charge on any atom is -0.497 e. The third-order valence-corrected chi connectivity index (χ3v) is 5.57. The predicted molar refractivity (Wildman–Crippen MR) is 117 cm³/mol. The summed E-state index contributed by atoms with van der Waals surface area (Å²) < 4.78 is 10.5. The fourth-order valence-corrected chi connectivity index (χ4v) is 3.64. The molecule has 0 spiro atoms. The lowest BCUT2D eigenvalue weighted by Gasteiger charge is -2.31. The van der Waals surface area contributed by atoms with Crippen molar-refractivity contribution >= 4 is 23.4 Å². The van der Waals surface area contributed by atoms with Gasteiger partial charge in [0.2, 0.25) is 11.8 Å². The second-order valence-corrected chi connectivity index (χ2v) is 7.52. The number of nitrogens with two attached hydrogens (primary N) is 1. The molecule has 0 radical (unpaired) electrons. The molecular weight excluding hydrogens is 398 g/mol. The number of nitrogens with zero attached hydrogens (tertiary/aromatic N) is 1. The summed E-state index contributed by atoms with van der Waals surface area (Å²) in [5.74, 6) is 0.0328. The van der Waals surface area contributed by atoms with Gasteiger partial charge in [0.25, 0.3) is 5.91 Å². The number of methoxy groups -OCH3 is 2. The van der Waals surface area contributed by atoms with Crippen molar-refractivity contribution in [3.8, 4) is 11.5 Å². The first kappa shape index (κ1) is 22.1. The second kappa shape index (κ2) is 9.51. The SMILES string of the molecule is COc1ccc(C(=O)N2CCC(C(=O)Nc3cc(C(N)=O)ccc3C)CC2)c(OC)c1. The van der Waals surface area contributed by atoms with Crippen LogP contribution in [-0.4, -0.2) is 49.9 Å². The van der Waals surface area contributed by atoms with Crippen molar-refractivity contribution in [3.63, 3.8) is 0 Å². The summed E-state index contributed by atoms with van der Waals surface area (Å²) >= 11 is 0. The number of rotatable bonds is 6. The van der Waals surface area contributed by atoms with Crippen LogP contribution in [0.2, 0.25) is 0 Å². The van der Waals surface area contributed by atoms with E-state index in [9.17, 15) is 14.4 Å². The number of piperidine rings is 1. The van der Waals surface area contributed by atoms with Gasteiger partial charge in [-0.15, -0.1) is 0 Å². The van der Waals surface area contributed by atoms with Gasteiger partial charge < -0.3 is 25.4 Å². The van der Waals surface area contributed by atoms with Crippen LogP contribution in [0.3, 0.4) is 0 Å². The molecule has 0 saturated carbocycles. The van der Waals surface area contributed by atoms with Crippen LogP contribution >= 0.6 is 0 Å². The highest BCUT2D eigenvalue weighted by Crippen LogP contribution is 2.28. The molecule has 3 rings (SSSR count). The maximum Gasteiger partial charge on any atom is 0.257 e. The predicted octanol–water partition coefficient (Wildman–Crippen LogP) is 2.60. The van der Waals surface area contributed by atoms with Crippen molar-refractivity contribution in [2.75, 3.05) is 32.6 Å². The summed E-state index contributed by atoms with van der Waals surface area (Å²) in [7, 11) is 3.06. The number of aryl methyl sites for hydroxylation is 1. The van der Waals surface area contributed by atoms with Gasteiger partial charge in [0, 0.05) is 36.3 Å². The van der Waals surface area contributed by atoms with Crippen LogP contribution in [0.15, 0.2) is 36.4 Å². The number of hydrogen-bond donors (Lipinski definition) is 2. The first-order valence-corrected chi connectivity index (χ1v) is 10.1. The highest BCUT2D eigenvalue weighted by molar-refractivity contribution is 5.99. The Hall–Kier alpha value is -3.55. The highest BCUT2D eigenvalue weighted by atomic mass is 16.5. The molecule has 1 fully saturated rings. The number of amides is 3. The number of primary amides is 1. The summed E-state index contributed by atoms with van der Waals surface area (Å²) in [4.78, 5) is 38.8. The fourth-order valence-electron chi connectivity index (χ4n) is 3.64. The Kier molecular flexibility index (Phi) is 6.79. The van der Waals surface area contributed by atoms with E-state index >= 15 is 0 Å². The summed E-state index contributed by atoms with van der Waals surface area (Å²) in [6.07, 6.45) is 1.09. The zero-order valence-electron chi connectivity index (χ0n) is 17.9. The van der Waals surface area contributed by atoms with Crippen molar-refractivity contribution in [1.82, 2.24) is 4.90 Å². The first-order valence-electron chi connectivity index (χ1n) is 10.1. The molecule has 0 aromatic heterocycles.